The quantitative estimate of drug-likeness (QED) is 0.529. The van der Waals surface area contributed by atoms with Gasteiger partial charge in [0.05, 0.1) is 11.2 Å². The minimum atomic E-state index is 0.705. The molecule has 0 radical (unpaired) electrons. The average Bonchev–Trinajstić information content (AvgIpc) is 2.75. The van der Waals surface area contributed by atoms with Gasteiger partial charge in [-0.05, 0) is 40.8 Å². The Labute approximate surface area is 112 Å². The van der Waals surface area contributed by atoms with Crippen LogP contribution in [0.4, 0.5) is 5.69 Å². The highest BCUT2D eigenvalue weighted by Gasteiger charge is 2.09. The van der Waals surface area contributed by atoms with Gasteiger partial charge in [0.25, 0.3) is 0 Å². The van der Waals surface area contributed by atoms with Crippen molar-refractivity contribution in [1.29, 1.82) is 0 Å². The SMILES string of the molecule is Nc1cccc2[nH]c(-c3ccccc3I)nc12. The van der Waals surface area contributed by atoms with E-state index in [-0.39, 0.29) is 0 Å². The smallest absolute Gasteiger partial charge is 0.139 e. The first kappa shape index (κ1) is 10.6. The van der Waals surface area contributed by atoms with Gasteiger partial charge in [0.15, 0.2) is 0 Å². The summed E-state index contributed by atoms with van der Waals surface area (Å²) in [4.78, 5) is 7.86. The van der Waals surface area contributed by atoms with Gasteiger partial charge in [-0.2, -0.15) is 0 Å². The van der Waals surface area contributed by atoms with Crippen LogP contribution < -0.4 is 5.73 Å². The summed E-state index contributed by atoms with van der Waals surface area (Å²) < 4.78 is 1.17. The van der Waals surface area contributed by atoms with Gasteiger partial charge >= 0.3 is 0 Å². The van der Waals surface area contributed by atoms with Crippen LogP contribution in [-0.4, -0.2) is 9.97 Å². The van der Waals surface area contributed by atoms with Crippen molar-refractivity contribution in [2.45, 2.75) is 0 Å². The van der Waals surface area contributed by atoms with Crippen LogP contribution in [0, 0.1) is 3.57 Å². The molecule has 0 spiro atoms. The molecule has 0 fully saturated rings. The van der Waals surface area contributed by atoms with Crippen molar-refractivity contribution in [3.63, 3.8) is 0 Å². The van der Waals surface area contributed by atoms with E-state index < -0.39 is 0 Å². The van der Waals surface area contributed by atoms with Crippen molar-refractivity contribution in [3.8, 4) is 11.4 Å². The Morgan fingerprint density at radius 1 is 1.06 bits per heavy atom. The maximum Gasteiger partial charge on any atom is 0.139 e. The van der Waals surface area contributed by atoms with Crippen LogP contribution in [0.3, 0.4) is 0 Å². The van der Waals surface area contributed by atoms with E-state index in [1.54, 1.807) is 0 Å². The normalized spacial score (nSPS) is 10.9. The largest absolute Gasteiger partial charge is 0.397 e. The third-order valence-corrected chi connectivity index (χ3v) is 3.61. The van der Waals surface area contributed by atoms with E-state index in [0.29, 0.717) is 5.69 Å². The standard InChI is InChI=1S/C13H10IN3/c14-9-5-2-1-4-8(9)13-16-11-7-3-6-10(15)12(11)17-13/h1-7H,15H2,(H,16,17). The number of benzene rings is 2. The average molecular weight is 335 g/mol. The summed E-state index contributed by atoms with van der Waals surface area (Å²) >= 11 is 2.31. The molecule has 0 amide bonds. The molecule has 3 rings (SSSR count). The van der Waals surface area contributed by atoms with Crippen molar-refractivity contribution in [3.05, 3.63) is 46.0 Å². The molecule has 3 aromatic rings. The summed E-state index contributed by atoms with van der Waals surface area (Å²) in [5.74, 6) is 0.864. The van der Waals surface area contributed by atoms with Gasteiger partial charge in [-0.15, -0.1) is 0 Å². The molecule has 17 heavy (non-hydrogen) atoms. The lowest BCUT2D eigenvalue weighted by molar-refractivity contribution is 1.33. The molecule has 3 N–H and O–H groups in total. The summed E-state index contributed by atoms with van der Waals surface area (Å²) in [6.45, 7) is 0. The zero-order valence-electron chi connectivity index (χ0n) is 8.94. The van der Waals surface area contributed by atoms with Crippen LogP contribution in [0.2, 0.25) is 0 Å². The van der Waals surface area contributed by atoms with Gasteiger partial charge in [-0.25, -0.2) is 4.98 Å². The van der Waals surface area contributed by atoms with E-state index >= 15 is 0 Å². The van der Waals surface area contributed by atoms with Crippen LogP contribution >= 0.6 is 22.6 Å². The fourth-order valence-electron chi connectivity index (χ4n) is 1.84. The maximum absolute atomic E-state index is 5.90. The maximum atomic E-state index is 5.90. The lowest BCUT2D eigenvalue weighted by atomic mass is 10.2. The van der Waals surface area contributed by atoms with Crippen molar-refractivity contribution >= 4 is 39.3 Å². The van der Waals surface area contributed by atoms with Crippen molar-refractivity contribution < 1.29 is 0 Å². The second-order valence-electron chi connectivity index (χ2n) is 3.81. The van der Waals surface area contributed by atoms with Gasteiger partial charge in [-0.3, -0.25) is 0 Å². The Hall–Kier alpha value is -1.56. The Bertz CT molecular complexity index is 688. The van der Waals surface area contributed by atoms with Crippen LogP contribution in [0.1, 0.15) is 0 Å². The van der Waals surface area contributed by atoms with Gasteiger partial charge in [0.1, 0.15) is 11.3 Å². The molecule has 1 aromatic heterocycles. The van der Waals surface area contributed by atoms with Crippen LogP contribution in [0.25, 0.3) is 22.4 Å². The number of para-hydroxylation sites is 1. The molecule has 0 aliphatic heterocycles. The predicted octanol–water partition coefficient (Wildman–Crippen LogP) is 3.42. The number of H-pyrrole nitrogens is 1. The van der Waals surface area contributed by atoms with Crippen LogP contribution in [0.15, 0.2) is 42.5 Å². The van der Waals surface area contributed by atoms with Crippen molar-refractivity contribution in [2.75, 3.05) is 5.73 Å². The zero-order valence-corrected chi connectivity index (χ0v) is 11.1. The second kappa shape index (κ2) is 4.03. The molecule has 4 heteroatoms. The number of nitrogen functional groups attached to an aromatic ring is 1. The zero-order chi connectivity index (χ0) is 11.8. The summed E-state index contributed by atoms with van der Waals surface area (Å²) in [6.07, 6.45) is 0. The number of anilines is 1. The molecular formula is C13H10IN3. The number of fused-ring (bicyclic) bond motifs is 1. The number of imidazole rings is 1. The molecule has 0 aliphatic carbocycles. The van der Waals surface area contributed by atoms with Gasteiger partial charge in [-0.1, -0.05) is 24.3 Å². The molecule has 0 saturated carbocycles. The minimum Gasteiger partial charge on any atom is -0.397 e. The number of aromatic amines is 1. The number of halogens is 1. The molecule has 0 unspecified atom stereocenters. The Morgan fingerprint density at radius 3 is 2.65 bits per heavy atom. The topological polar surface area (TPSA) is 54.7 Å². The number of nitrogens with zero attached hydrogens (tertiary/aromatic N) is 1. The summed E-state index contributed by atoms with van der Waals surface area (Å²) in [7, 11) is 0. The first-order valence-electron chi connectivity index (χ1n) is 5.25. The lowest BCUT2D eigenvalue weighted by Crippen LogP contribution is -1.85. The summed E-state index contributed by atoms with van der Waals surface area (Å²) in [5, 5.41) is 0. The lowest BCUT2D eigenvalue weighted by Gasteiger charge is -1.98. The molecule has 84 valence electrons. The van der Waals surface area contributed by atoms with E-state index in [4.69, 9.17) is 5.73 Å². The van der Waals surface area contributed by atoms with E-state index in [1.807, 2.05) is 30.3 Å². The minimum absolute atomic E-state index is 0.705. The Balaban J connectivity index is 2.26. The summed E-state index contributed by atoms with van der Waals surface area (Å²) in [5.41, 5.74) is 9.51. The van der Waals surface area contributed by atoms with Gasteiger partial charge < -0.3 is 10.7 Å². The fraction of sp³-hybridized carbons (Fsp3) is 0. The summed E-state index contributed by atoms with van der Waals surface area (Å²) in [6, 6.07) is 13.9. The second-order valence-corrected chi connectivity index (χ2v) is 4.97. The first-order valence-corrected chi connectivity index (χ1v) is 6.32. The van der Waals surface area contributed by atoms with E-state index in [2.05, 4.69) is 44.7 Å². The molecule has 0 aliphatic rings. The molecular weight excluding hydrogens is 325 g/mol. The third-order valence-electron chi connectivity index (χ3n) is 2.67. The van der Waals surface area contributed by atoms with Crippen molar-refractivity contribution in [2.24, 2.45) is 0 Å². The number of hydrogen-bond donors (Lipinski definition) is 2. The number of hydrogen-bond acceptors (Lipinski definition) is 2. The molecule has 0 saturated heterocycles. The molecule has 0 atom stereocenters. The predicted molar refractivity (Wildman–Crippen MR) is 78.7 cm³/mol. The monoisotopic (exact) mass is 335 g/mol. The van der Waals surface area contributed by atoms with E-state index in [0.717, 1.165) is 22.4 Å². The third kappa shape index (κ3) is 1.78. The first-order chi connectivity index (χ1) is 8.25. The molecule has 0 bridgehead atoms. The molecule has 3 nitrogen and oxygen atoms in total. The van der Waals surface area contributed by atoms with E-state index in [1.165, 1.54) is 3.57 Å². The number of nitrogens with one attached hydrogen (secondary N) is 1. The fourth-order valence-corrected chi connectivity index (χ4v) is 2.48. The Morgan fingerprint density at radius 2 is 1.88 bits per heavy atom. The van der Waals surface area contributed by atoms with Crippen molar-refractivity contribution in [1.82, 2.24) is 9.97 Å². The molecule has 1 heterocycles. The number of rotatable bonds is 1. The number of aromatic nitrogens is 2. The van der Waals surface area contributed by atoms with Gasteiger partial charge in [0, 0.05) is 9.13 Å². The van der Waals surface area contributed by atoms with Crippen LogP contribution in [-0.2, 0) is 0 Å². The highest BCUT2D eigenvalue weighted by Crippen LogP contribution is 2.26. The highest BCUT2D eigenvalue weighted by molar-refractivity contribution is 14.1. The van der Waals surface area contributed by atoms with Gasteiger partial charge in [0.2, 0.25) is 0 Å². The number of nitrogens with two attached hydrogens (primary N) is 1. The van der Waals surface area contributed by atoms with E-state index in [9.17, 15) is 0 Å². The Kier molecular flexibility index (Phi) is 2.51. The highest BCUT2D eigenvalue weighted by atomic mass is 127. The van der Waals surface area contributed by atoms with Crippen LogP contribution in [0.5, 0.6) is 0 Å². The molecule has 2 aromatic carbocycles.